The van der Waals surface area contributed by atoms with Gasteiger partial charge in [-0.25, -0.2) is 0 Å². The summed E-state index contributed by atoms with van der Waals surface area (Å²) in [6, 6.07) is 1.84. The first-order valence-electron chi connectivity index (χ1n) is 4.60. The predicted molar refractivity (Wildman–Crippen MR) is 64.0 cm³/mol. The molecule has 0 atom stereocenters. The summed E-state index contributed by atoms with van der Waals surface area (Å²) in [6.07, 6.45) is 5.89. The van der Waals surface area contributed by atoms with Gasteiger partial charge in [0.15, 0.2) is 0 Å². The third-order valence-electron chi connectivity index (χ3n) is 1.34. The molecule has 0 saturated carbocycles. The Kier molecular flexibility index (Phi) is 7.42. The molecule has 0 fully saturated rings. The SMILES string of the molecule is C=C/C=C(/F)NN(/C=C(/O)C=C)/N=C\CC#N. The van der Waals surface area contributed by atoms with Crippen LogP contribution < -0.4 is 5.43 Å². The highest BCUT2D eigenvalue weighted by Crippen LogP contribution is 1.99. The largest absolute Gasteiger partial charge is 0.506 e. The Morgan fingerprint density at radius 1 is 1.59 bits per heavy atom. The van der Waals surface area contributed by atoms with Gasteiger partial charge in [-0.2, -0.15) is 19.9 Å². The molecule has 0 aliphatic heterocycles. The van der Waals surface area contributed by atoms with Gasteiger partial charge in [0.1, 0.15) is 5.76 Å². The van der Waals surface area contributed by atoms with Crippen molar-refractivity contribution in [3.63, 3.8) is 0 Å². The highest BCUT2D eigenvalue weighted by molar-refractivity contribution is 5.59. The molecule has 0 amide bonds. The molecule has 5 nitrogen and oxygen atoms in total. The van der Waals surface area contributed by atoms with Gasteiger partial charge >= 0.3 is 0 Å². The molecule has 0 aromatic carbocycles. The second-order valence-electron chi connectivity index (χ2n) is 2.63. The lowest BCUT2D eigenvalue weighted by molar-refractivity contribution is 0.268. The van der Waals surface area contributed by atoms with Crippen molar-refractivity contribution in [2.45, 2.75) is 6.42 Å². The van der Waals surface area contributed by atoms with Crippen LogP contribution in [0, 0.1) is 11.3 Å². The maximum atomic E-state index is 13.1. The van der Waals surface area contributed by atoms with E-state index in [0.717, 1.165) is 23.5 Å². The van der Waals surface area contributed by atoms with Crippen LogP contribution in [0.2, 0.25) is 0 Å². The van der Waals surface area contributed by atoms with Crippen LogP contribution in [0.25, 0.3) is 0 Å². The second kappa shape index (κ2) is 8.73. The summed E-state index contributed by atoms with van der Waals surface area (Å²) in [7, 11) is 0. The number of hydrogen-bond acceptors (Lipinski definition) is 5. The molecule has 90 valence electrons. The number of halogens is 1. The Morgan fingerprint density at radius 3 is 2.82 bits per heavy atom. The molecule has 0 unspecified atom stereocenters. The fourth-order valence-corrected chi connectivity index (χ4v) is 0.692. The minimum absolute atomic E-state index is 0.0632. The zero-order valence-corrected chi connectivity index (χ0v) is 9.17. The maximum Gasteiger partial charge on any atom is 0.207 e. The van der Waals surface area contributed by atoms with Crippen LogP contribution in [0.4, 0.5) is 4.39 Å². The Labute approximate surface area is 99.1 Å². The molecule has 0 radical (unpaired) electrons. The number of nitrogens with zero attached hydrogens (tertiary/aromatic N) is 3. The first-order valence-corrected chi connectivity index (χ1v) is 4.60. The van der Waals surface area contributed by atoms with Crippen LogP contribution in [-0.4, -0.2) is 16.4 Å². The lowest BCUT2D eigenvalue weighted by Gasteiger charge is -2.14. The number of aliphatic hydroxyl groups excluding tert-OH is 1. The summed E-state index contributed by atoms with van der Waals surface area (Å²) >= 11 is 0. The number of hydrazine groups is 1. The molecule has 0 aliphatic carbocycles. The van der Waals surface area contributed by atoms with E-state index >= 15 is 0 Å². The molecule has 2 N–H and O–H groups in total. The zero-order valence-electron chi connectivity index (χ0n) is 9.17. The third kappa shape index (κ3) is 7.39. The molecule has 0 aromatic rings. The Hall–Kier alpha value is -2.55. The summed E-state index contributed by atoms with van der Waals surface area (Å²) in [4.78, 5) is 0. The highest BCUT2D eigenvalue weighted by Gasteiger charge is 1.99. The Balaban J connectivity index is 4.74. The highest BCUT2D eigenvalue weighted by atomic mass is 19.1. The van der Waals surface area contributed by atoms with E-state index < -0.39 is 5.95 Å². The van der Waals surface area contributed by atoms with Crippen molar-refractivity contribution < 1.29 is 9.50 Å². The smallest absolute Gasteiger partial charge is 0.207 e. The molecule has 0 aromatic heterocycles. The number of aliphatic hydroxyl groups is 1. The monoisotopic (exact) mass is 236 g/mol. The minimum atomic E-state index is -0.720. The number of hydrazone groups is 1. The lowest BCUT2D eigenvalue weighted by atomic mass is 10.5. The van der Waals surface area contributed by atoms with Crippen LogP contribution in [0.1, 0.15) is 6.42 Å². The van der Waals surface area contributed by atoms with E-state index in [0.29, 0.717) is 0 Å². The molecular weight excluding hydrogens is 223 g/mol. The first-order chi connectivity index (χ1) is 8.13. The van der Waals surface area contributed by atoms with E-state index in [2.05, 4.69) is 23.7 Å². The van der Waals surface area contributed by atoms with Crippen molar-refractivity contribution in [1.29, 1.82) is 5.26 Å². The molecule has 0 spiro atoms. The molecule has 0 rings (SSSR count). The number of hydrogen-bond donors (Lipinski definition) is 2. The number of allylic oxidation sites excluding steroid dienone is 3. The second-order valence-corrected chi connectivity index (χ2v) is 2.63. The van der Waals surface area contributed by atoms with E-state index in [9.17, 15) is 9.50 Å². The number of rotatable bonds is 7. The van der Waals surface area contributed by atoms with Crippen LogP contribution in [0.3, 0.4) is 0 Å². The van der Waals surface area contributed by atoms with Gasteiger partial charge in [0.25, 0.3) is 0 Å². The van der Waals surface area contributed by atoms with Gasteiger partial charge in [0.05, 0.1) is 18.7 Å². The molecule has 0 aliphatic rings. The summed E-state index contributed by atoms with van der Waals surface area (Å²) in [5.74, 6) is -0.930. The molecule has 0 heterocycles. The van der Waals surface area contributed by atoms with Crippen molar-refractivity contribution in [1.82, 2.24) is 10.5 Å². The van der Waals surface area contributed by atoms with Crippen LogP contribution >= 0.6 is 0 Å². The van der Waals surface area contributed by atoms with Crippen molar-refractivity contribution in [3.05, 3.63) is 49.3 Å². The van der Waals surface area contributed by atoms with Gasteiger partial charge in [-0.05, 0) is 12.2 Å². The topological polar surface area (TPSA) is 71.7 Å². The minimum Gasteiger partial charge on any atom is -0.506 e. The van der Waals surface area contributed by atoms with Gasteiger partial charge in [-0.15, -0.1) is 0 Å². The molecule has 0 bridgehead atoms. The summed E-state index contributed by atoms with van der Waals surface area (Å²) in [5.41, 5.74) is 2.21. The van der Waals surface area contributed by atoms with Gasteiger partial charge < -0.3 is 5.11 Å². The van der Waals surface area contributed by atoms with E-state index in [4.69, 9.17) is 5.26 Å². The predicted octanol–water partition coefficient (Wildman–Crippen LogP) is 2.27. The third-order valence-corrected chi connectivity index (χ3v) is 1.34. The van der Waals surface area contributed by atoms with Crippen molar-refractivity contribution in [2.75, 3.05) is 0 Å². The molecule has 17 heavy (non-hydrogen) atoms. The van der Waals surface area contributed by atoms with Crippen LogP contribution in [0.15, 0.2) is 54.4 Å². The summed E-state index contributed by atoms with van der Waals surface area (Å²) < 4.78 is 13.1. The van der Waals surface area contributed by atoms with Crippen molar-refractivity contribution in [2.24, 2.45) is 5.10 Å². The summed E-state index contributed by atoms with van der Waals surface area (Å²) in [5, 5.41) is 22.1. The maximum absolute atomic E-state index is 13.1. The fourth-order valence-electron chi connectivity index (χ4n) is 0.692. The number of nitrogens with one attached hydrogen (secondary N) is 1. The lowest BCUT2D eigenvalue weighted by Crippen LogP contribution is -2.27. The molecule has 0 saturated heterocycles. The quantitative estimate of drug-likeness (QED) is 0.234. The van der Waals surface area contributed by atoms with Gasteiger partial charge in [-0.1, -0.05) is 19.2 Å². The number of nitriles is 1. The van der Waals surface area contributed by atoms with Crippen LogP contribution in [0.5, 0.6) is 0 Å². The van der Waals surface area contributed by atoms with E-state index in [-0.39, 0.29) is 12.2 Å². The molecule has 6 heteroatoms. The first kappa shape index (κ1) is 14.5. The van der Waals surface area contributed by atoms with Crippen LogP contribution in [-0.2, 0) is 0 Å². The average molecular weight is 236 g/mol. The Bertz CT molecular complexity index is 393. The van der Waals surface area contributed by atoms with E-state index in [1.165, 1.54) is 12.3 Å². The van der Waals surface area contributed by atoms with Crippen molar-refractivity contribution in [3.8, 4) is 6.07 Å². The van der Waals surface area contributed by atoms with E-state index in [1.54, 1.807) is 0 Å². The standard InChI is InChI=1S/C11H13FN4O/c1-3-6-11(12)15-16(9-10(17)4-2)14-8-5-7-13/h3-4,6,8-9,15,17H,1-2,5H2/b10-9+,11-6-,14-8-. The Morgan fingerprint density at radius 2 is 2.29 bits per heavy atom. The fraction of sp³-hybridized carbons (Fsp3) is 0.0909. The van der Waals surface area contributed by atoms with Gasteiger partial charge in [0, 0.05) is 6.21 Å². The van der Waals surface area contributed by atoms with Crippen molar-refractivity contribution >= 4 is 6.21 Å². The van der Waals surface area contributed by atoms with Gasteiger partial charge in [-0.3, -0.25) is 5.43 Å². The van der Waals surface area contributed by atoms with E-state index in [1.807, 2.05) is 6.07 Å². The van der Waals surface area contributed by atoms with Gasteiger partial charge in [0.2, 0.25) is 5.95 Å². The average Bonchev–Trinajstić information content (AvgIpc) is 2.29. The summed E-state index contributed by atoms with van der Waals surface area (Å²) in [6.45, 7) is 6.65. The molecular formula is C11H13FN4O. The normalized spacial score (nSPS) is 12.0. The zero-order chi connectivity index (χ0) is 13.1.